The number of nitrogens with zero attached hydrogens (tertiary/aromatic N) is 2. The molecule has 1 aliphatic carbocycles. The minimum atomic E-state index is 0.357. The summed E-state index contributed by atoms with van der Waals surface area (Å²) in [6.07, 6.45) is 8.22. The van der Waals surface area contributed by atoms with E-state index in [1.54, 1.807) is 7.05 Å². The van der Waals surface area contributed by atoms with Crippen molar-refractivity contribution in [3.63, 3.8) is 0 Å². The molecule has 1 aromatic heterocycles. The predicted octanol–water partition coefficient (Wildman–Crippen LogP) is 3.11. The van der Waals surface area contributed by atoms with Crippen molar-refractivity contribution in [3.05, 3.63) is 23.9 Å². The zero-order valence-corrected chi connectivity index (χ0v) is 14.6. The summed E-state index contributed by atoms with van der Waals surface area (Å²) in [5, 5.41) is 6.63. The number of pyridine rings is 1. The molecule has 0 amide bonds. The van der Waals surface area contributed by atoms with Crippen molar-refractivity contribution in [2.45, 2.75) is 58.6 Å². The van der Waals surface area contributed by atoms with E-state index in [1.807, 2.05) is 12.3 Å². The molecule has 0 spiro atoms. The van der Waals surface area contributed by atoms with E-state index in [9.17, 15) is 0 Å². The van der Waals surface area contributed by atoms with Crippen LogP contribution in [0.25, 0.3) is 0 Å². The van der Waals surface area contributed by atoms with E-state index < -0.39 is 0 Å². The van der Waals surface area contributed by atoms with Crippen LogP contribution in [0.5, 0.6) is 5.88 Å². The second-order valence-electron chi connectivity index (χ2n) is 6.56. The third-order valence-electron chi connectivity index (χ3n) is 4.08. The quantitative estimate of drug-likeness (QED) is 0.599. The SMILES string of the molecule is CN=C(NCCC(C)C)NCc1ccc(OC2CCCC2)nc1. The van der Waals surface area contributed by atoms with Crippen molar-refractivity contribution >= 4 is 5.96 Å². The Kier molecular flexibility index (Phi) is 7.17. The molecule has 1 aliphatic rings. The van der Waals surface area contributed by atoms with Gasteiger partial charge in [-0.3, -0.25) is 4.99 Å². The van der Waals surface area contributed by atoms with Crippen LogP contribution in [0, 0.1) is 5.92 Å². The van der Waals surface area contributed by atoms with Crippen molar-refractivity contribution < 1.29 is 4.74 Å². The fourth-order valence-electron chi connectivity index (χ4n) is 2.65. The minimum absolute atomic E-state index is 0.357. The summed E-state index contributed by atoms with van der Waals surface area (Å²) >= 11 is 0. The molecule has 23 heavy (non-hydrogen) atoms. The number of aromatic nitrogens is 1. The average Bonchev–Trinajstić information content (AvgIpc) is 3.05. The molecule has 1 fully saturated rings. The van der Waals surface area contributed by atoms with Gasteiger partial charge in [0.1, 0.15) is 6.10 Å². The lowest BCUT2D eigenvalue weighted by atomic mass is 10.1. The molecule has 2 N–H and O–H groups in total. The molecule has 1 heterocycles. The summed E-state index contributed by atoms with van der Waals surface area (Å²) in [7, 11) is 1.79. The third-order valence-corrected chi connectivity index (χ3v) is 4.08. The van der Waals surface area contributed by atoms with Crippen molar-refractivity contribution in [3.8, 4) is 5.88 Å². The van der Waals surface area contributed by atoms with Crippen LogP contribution in [-0.2, 0) is 6.54 Å². The van der Waals surface area contributed by atoms with E-state index in [4.69, 9.17) is 4.74 Å². The molecule has 128 valence electrons. The lowest BCUT2D eigenvalue weighted by Crippen LogP contribution is -2.37. The number of nitrogens with one attached hydrogen (secondary N) is 2. The van der Waals surface area contributed by atoms with Gasteiger partial charge in [-0.05, 0) is 43.6 Å². The van der Waals surface area contributed by atoms with Gasteiger partial charge in [0.05, 0.1) is 0 Å². The van der Waals surface area contributed by atoms with Crippen LogP contribution in [0.1, 0.15) is 51.5 Å². The Hall–Kier alpha value is -1.78. The van der Waals surface area contributed by atoms with E-state index >= 15 is 0 Å². The van der Waals surface area contributed by atoms with E-state index in [0.717, 1.165) is 43.2 Å². The summed E-state index contributed by atoms with van der Waals surface area (Å²) < 4.78 is 5.88. The van der Waals surface area contributed by atoms with Crippen molar-refractivity contribution in [1.82, 2.24) is 15.6 Å². The minimum Gasteiger partial charge on any atom is -0.474 e. The molecule has 0 unspecified atom stereocenters. The van der Waals surface area contributed by atoms with Gasteiger partial charge in [0.2, 0.25) is 5.88 Å². The fourth-order valence-corrected chi connectivity index (χ4v) is 2.65. The first kappa shape index (κ1) is 17.6. The van der Waals surface area contributed by atoms with Gasteiger partial charge < -0.3 is 15.4 Å². The van der Waals surface area contributed by atoms with Crippen LogP contribution in [-0.4, -0.2) is 30.6 Å². The zero-order chi connectivity index (χ0) is 16.5. The number of hydrogen-bond acceptors (Lipinski definition) is 3. The van der Waals surface area contributed by atoms with Crippen molar-refractivity contribution in [2.24, 2.45) is 10.9 Å². The molecule has 0 aliphatic heterocycles. The second kappa shape index (κ2) is 9.38. The van der Waals surface area contributed by atoms with Gasteiger partial charge in [-0.15, -0.1) is 0 Å². The molecule has 5 heteroatoms. The predicted molar refractivity (Wildman–Crippen MR) is 94.8 cm³/mol. The van der Waals surface area contributed by atoms with E-state index in [1.165, 1.54) is 12.8 Å². The fraction of sp³-hybridized carbons (Fsp3) is 0.667. The first-order valence-corrected chi connectivity index (χ1v) is 8.73. The first-order valence-electron chi connectivity index (χ1n) is 8.73. The van der Waals surface area contributed by atoms with Gasteiger partial charge in [0.15, 0.2) is 5.96 Å². The molecular formula is C18H30N4O. The second-order valence-corrected chi connectivity index (χ2v) is 6.56. The average molecular weight is 318 g/mol. The smallest absolute Gasteiger partial charge is 0.213 e. The zero-order valence-electron chi connectivity index (χ0n) is 14.6. The lowest BCUT2D eigenvalue weighted by molar-refractivity contribution is 0.201. The highest BCUT2D eigenvalue weighted by Gasteiger charge is 2.16. The molecule has 2 rings (SSSR count). The Balaban J connectivity index is 1.74. The van der Waals surface area contributed by atoms with Crippen LogP contribution >= 0.6 is 0 Å². The lowest BCUT2D eigenvalue weighted by Gasteiger charge is -2.14. The molecular weight excluding hydrogens is 288 g/mol. The summed E-state index contributed by atoms with van der Waals surface area (Å²) in [4.78, 5) is 8.64. The standard InChI is InChI=1S/C18H30N4O/c1-14(2)10-11-20-18(19-3)22-13-15-8-9-17(21-12-15)23-16-6-4-5-7-16/h8-9,12,14,16H,4-7,10-11,13H2,1-3H3,(H2,19,20,22). The molecule has 0 bridgehead atoms. The molecule has 0 saturated heterocycles. The van der Waals surface area contributed by atoms with Gasteiger partial charge in [0, 0.05) is 32.4 Å². The Bertz CT molecular complexity index is 478. The number of hydrogen-bond donors (Lipinski definition) is 2. The van der Waals surface area contributed by atoms with Crippen molar-refractivity contribution in [1.29, 1.82) is 0 Å². The van der Waals surface area contributed by atoms with E-state index in [0.29, 0.717) is 18.6 Å². The highest BCUT2D eigenvalue weighted by atomic mass is 16.5. The summed E-state index contributed by atoms with van der Waals surface area (Å²) in [5.74, 6) is 2.26. The van der Waals surface area contributed by atoms with E-state index in [2.05, 4.69) is 40.5 Å². The van der Waals surface area contributed by atoms with Gasteiger partial charge in [-0.2, -0.15) is 0 Å². The Morgan fingerprint density at radius 3 is 2.70 bits per heavy atom. The number of guanidine groups is 1. The Morgan fingerprint density at radius 2 is 2.09 bits per heavy atom. The largest absolute Gasteiger partial charge is 0.474 e. The van der Waals surface area contributed by atoms with Gasteiger partial charge in [0.25, 0.3) is 0 Å². The molecule has 0 aromatic carbocycles. The first-order chi connectivity index (χ1) is 11.2. The highest BCUT2D eigenvalue weighted by molar-refractivity contribution is 5.79. The highest BCUT2D eigenvalue weighted by Crippen LogP contribution is 2.22. The monoisotopic (exact) mass is 318 g/mol. The number of aliphatic imine (C=N–C) groups is 1. The molecule has 5 nitrogen and oxygen atoms in total. The molecule has 0 radical (unpaired) electrons. The number of rotatable bonds is 7. The van der Waals surface area contributed by atoms with Crippen LogP contribution in [0.2, 0.25) is 0 Å². The Labute approximate surface area is 139 Å². The normalized spacial score (nSPS) is 15.9. The van der Waals surface area contributed by atoms with Crippen LogP contribution in [0.4, 0.5) is 0 Å². The van der Waals surface area contributed by atoms with E-state index in [-0.39, 0.29) is 0 Å². The van der Waals surface area contributed by atoms with Crippen LogP contribution < -0.4 is 15.4 Å². The van der Waals surface area contributed by atoms with Gasteiger partial charge >= 0.3 is 0 Å². The number of ether oxygens (including phenoxy) is 1. The molecule has 1 saturated carbocycles. The van der Waals surface area contributed by atoms with Crippen LogP contribution in [0.3, 0.4) is 0 Å². The molecule has 1 aromatic rings. The summed E-state index contributed by atoms with van der Waals surface area (Å²) in [5.41, 5.74) is 1.12. The van der Waals surface area contributed by atoms with Crippen LogP contribution in [0.15, 0.2) is 23.3 Å². The summed E-state index contributed by atoms with van der Waals surface area (Å²) in [6.45, 7) is 6.08. The topological polar surface area (TPSA) is 58.5 Å². The maximum absolute atomic E-state index is 5.88. The van der Waals surface area contributed by atoms with Gasteiger partial charge in [-0.25, -0.2) is 4.98 Å². The Morgan fingerprint density at radius 1 is 1.30 bits per heavy atom. The summed E-state index contributed by atoms with van der Waals surface area (Å²) in [6, 6.07) is 4.02. The maximum Gasteiger partial charge on any atom is 0.213 e. The maximum atomic E-state index is 5.88. The van der Waals surface area contributed by atoms with Gasteiger partial charge in [-0.1, -0.05) is 19.9 Å². The van der Waals surface area contributed by atoms with Crippen molar-refractivity contribution in [2.75, 3.05) is 13.6 Å². The molecule has 0 atom stereocenters. The third kappa shape index (κ3) is 6.47.